The van der Waals surface area contributed by atoms with Crippen LogP contribution in [0, 0.1) is 5.82 Å². The summed E-state index contributed by atoms with van der Waals surface area (Å²) in [7, 11) is 0. The molecule has 1 rings (SSSR count). The number of ether oxygens (including phenoxy) is 2. The number of likely N-dealkylation sites (N-methyl/N-ethyl adjacent to an activating group) is 1. The van der Waals surface area contributed by atoms with Crippen LogP contribution in [0.5, 0.6) is 5.75 Å². The Morgan fingerprint density at radius 1 is 1.17 bits per heavy atom. The van der Waals surface area contributed by atoms with Gasteiger partial charge in [0.2, 0.25) is 5.91 Å². The van der Waals surface area contributed by atoms with Crippen LogP contribution in [0.4, 0.5) is 4.39 Å². The van der Waals surface area contributed by atoms with Crippen LogP contribution in [0.1, 0.15) is 6.92 Å². The highest BCUT2D eigenvalue weighted by Crippen LogP contribution is 2.24. The van der Waals surface area contributed by atoms with Gasteiger partial charge in [0.1, 0.15) is 11.6 Å². The van der Waals surface area contributed by atoms with Crippen molar-refractivity contribution in [3.63, 3.8) is 0 Å². The molecule has 0 bridgehead atoms. The minimum Gasteiger partial charge on any atom is -0.480 e. The van der Waals surface area contributed by atoms with Crippen molar-refractivity contribution >= 4 is 29.4 Å². The summed E-state index contributed by atoms with van der Waals surface area (Å²) in [5.41, 5.74) is 0. The smallest absolute Gasteiger partial charge is 0.344 e. The zero-order valence-corrected chi connectivity index (χ0v) is 13.1. The van der Waals surface area contributed by atoms with Crippen LogP contribution in [0.25, 0.3) is 0 Å². The van der Waals surface area contributed by atoms with Crippen LogP contribution in [0.2, 0.25) is 5.02 Å². The molecular formula is C14H16ClFN2O5. The summed E-state index contributed by atoms with van der Waals surface area (Å²) < 4.78 is 22.5. The summed E-state index contributed by atoms with van der Waals surface area (Å²) in [4.78, 5) is 33.9. The van der Waals surface area contributed by atoms with Crippen LogP contribution in [0.3, 0.4) is 0 Å². The minimum absolute atomic E-state index is 0.0116. The molecule has 126 valence electrons. The van der Waals surface area contributed by atoms with Crippen molar-refractivity contribution in [2.45, 2.75) is 6.92 Å². The maximum atomic E-state index is 12.8. The molecule has 2 amide bonds. The summed E-state index contributed by atoms with van der Waals surface area (Å²) in [6.07, 6.45) is 0. The monoisotopic (exact) mass is 346 g/mol. The molecule has 0 aliphatic carbocycles. The van der Waals surface area contributed by atoms with E-state index in [0.717, 1.165) is 12.1 Å². The summed E-state index contributed by atoms with van der Waals surface area (Å²) in [6, 6.07) is 3.43. The second-order valence-electron chi connectivity index (χ2n) is 4.25. The lowest BCUT2D eigenvalue weighted by molar-refractivity contribution is -0.150. The van der Waals surface area contributed by atoms with E-state index in [-0.39, 0.29) is 23.2 Å². The van der Waals surface area contributed by atoms with Gasteiger partial charge in [-0.2, -0.15) is 0 Å². The second kappa shape index (κ2) is 9.62. The molecule has 23 heavy (non-hydrogen) atoms. The first-order valence-electron chi connectivity index (χ1n) is 6.69. The molecule has 0 aliphatic rings. The van der Waals surface area contributed by atoms with Gasteiger partial charge in [-0.25, -0.2) is 9.18 Å². The fraction of sp³-hybridized carbons (Fsp3) is 0.357. The van der Waals surface area contributed by atoms with Gasteiger partial charge >= 0.3 is 5.97 Å². The number of rotatable bonds is 8. The van der Waals surface area contributed by atoms with E-state index >= 15 is 0 Å². The lowest BCUT2D eigenvalue weighted by Crippen LogP contribution is -2.38. The standard InChI is InChI=1S/C14H16ClFN2O5/c1-2-17-12(19)6-18-13(20)7-23-14(21)8-22-11-4-3-9(16)5-10(11)15/h3-5H,2,6-8H2,1H3,(H,17,19)(H,18,20). The molecule has 1 aromatic carbocycles. The molecule has 0 saturated carbocycles. The Balaban J connectivity index is 2.26. The van der Waals surface area contributed by atoms with Crippen LogP contribution >= 0.6 is 11.6 Å². The lowest BCUT2D eigenvalue weighted by atomic mass is 10.3. The fourth-order valence-corrected chi connectivity index (χ4v) is 1.63. The zero-order chi connectivity index (χ0) is 17.2. The minimum atomic E-state index is -0.807. The number of benzene rings is 1. The number of nitrogens with one attached hydrogen (secondary N) is 2. The average molecular weight is 347 g/mol. The molecule has 7 nitrogen and oxygen atoms in total. The van der Waals surface area contributed by atoms with E-state index in [1.165, 1.54) is 6.07 Å². The van der Waals surface area contributed by atoms with Crippen molar-refractivity contribution in [1.29, 1.82) is 0 Å². The Morgan fingerprint density at radius 3 is 2.57 bits per heavy atom. The summed E-state index contributed by atoms with van der Waals surface area (Å²) in [6.45, 7) is 0.960. The first kappa shape index (κ1) is 18.7. The third-order valence-electron chi connectivity index (χ3n) is 2.42. The molecule has 0 spiro atoms. The van der Waals surface area contributed by atoms with E-state index in [2.05, 4.69) is 15.4 Å². The van der Waals surface area contributed by atoms with Gasteiger partial charge in [-0.1, -0.05) is 11.6 Å². The molecule has 0 saturated heterocycles. The third-order valence-corrected chi connectivity index (χ3v) is 2.72. The highest BCUT2D eigenvalue weighted by molar-refractivity contribution is 6.32. The van der Waals surface area contributed by atoms with Gasteiger partial charge in [-0.05, 0) is 25.1 Å². The Kier molecular flexibility index (Phi) is 7.82. The summed E-state index contributed by atoms with van der Waals surface area (Å²) in [5.74, 6) is -2.19. The van der Waals surface area contributed by atoms with Crippen LogP contribution in [-0.4, -0.2) is 44.1 Å². The molecule has 1 aromatic rings. The van der Waals surface area contributed by atoms with E-state index < -0.39 is 30.9 Å². The quantitative estimate of drug-likeness (QED) is 0.674. The number of hydrogen-bond donors (Lipinski definition) is 2. The second-order valence-corrected chi connectivity index (χ2v) is 4.66. The van der Waals surface area contributed by atoms with Gasteiger partial charge < -0.3 is 20.1 Å². The SMILES string of the molecule is CCNC(=O)CNC(=O)COC(=O)COc1ccc(F)cc1Cl. The van der Waals surface area contributed by atoms with Gasteiger partial charge in [0.25, 0.3) is 5.91 Å². The molecule has 0 aliphatic heterocycles. The third kappa shape index (κ3) is 7.46. The first-order chi connectivity index (χ1) is 10.9. The summed E-state index contributed by atoms with van der Waals surface area (Å²) >= 11 is 5.72. The van der Waals surface area contributed by atoms with Crippen LogP contribution < -0.4 is 15.4 Å². The van der Waals surface area contributed by atoms with E-state index in [1.807, 2.05) is 0 Å². The number of halogens is 2. The van der Waals surface area contributed by atoms with Crippen molar-refractivity contribution < 1.29 is 28.2 Å². The van der Waals surface area contributed by atoms with Crippen molar-refractivity contribution in [2.24, 2.45) is 0 Å². The highest BCUT2D eigenvalue weighted by Gasteiger charge is 2.11. The first-order valence-corrected chi connectivity index (χ1v) is 7.07. The summed E-state index contributed by atoms with van der Waals surface area (Å²) in [5, 5.41) is 4.78. The molecule has 0 heterocycles. The predicted molar refractivity (Wildman–Crippen MR) is 79.6 cm³/mol. The molecule has 2 N–H and O–H groups in total. The Hall–Kier alpha value is -2.35. The van der Waals surface area contributed by atoms with E-state index in [0.29, 0.717) is 6.54 Å². The Labute approximate surface area is 137 Å². The molecule has 0 unspecified atom stereocenters. The lowest BCUT2D eigenvalue weighted by Gasteiger charge is -2.08. The van der Waals surface area contributed by atoms with E-state index in [1.54, 1.807) is 6.92 Å². The van der Waals surface area contributed by atoms with E-state index in [9.17, 15) is 18.8 Å². The van der Waals surface area contributed by atoms with Gasteiger partial charge in [-0.3, -0.25) is 9.59 Å². The number of hydrogen-bond acceptors (Lipinski definition) is 5. The van der Waals surface area contributed by atoms with Crippen molar-refractivity contribution in [3.05, 3.63) is 29.0 Å². The number of esters is 1. The molecule has 0 aromatic heterocycles. The van der Waals surface area contributed by atoms with Gasteiger partial charge in [0, 0.05) is 6.54 Å². The zero-order valence-electron chi connectivity index (χ0n) is 12.4. The predicted octanol–water partition coefficient (Wildman–Crippen LogP) is 0.653. The Bertz CT molecular complexity index is 582. The highest BCUT2D eigenvalue weighted by atomic mass is 35.5. The Morgan fingerprint density at radius 2 is 1.91 bits per heavy atom. The van der Waals surface area contributed by atoms with Crippen molar-refractivity contribution in [3.8, 4) is 5.75 Å². The molecule has 9 heteroatoms. The molecular weight excluding hydrogens is 331 g/mol. The topological polar surface area (TPSA) is 93.7 Å². The largest absolute Gasteiger partial charge is 0.480 e. The maximum absolute atomic E-state index is 12.8. The molecule has 0 radical (unpaired) electrons. The van der Waals surface area contributed by atoms with Crippen molar-refractivity contribution in [2.75, 3.05) is 26.3 Å². The van der Waals surface area contributed by atoms with Crippen LogP contribution in [-0.2, 0) is 19.1 Å². The van der Waals surface area contributed by atoms with Crippen molar-refractivity contribution in [1.82, 2.24) is 10.6 Å². The number of carbonyl (C=O) groups is 3. The van der Waals surface area contributed by atoms with Gasteiger partial charge in [0.15, 0.2) is 13.2 Å². The van der Waals surface area contributed by atoms with Gasteiger partial charge in [-0.15, -0.1) is 0 Å². The van der Waals surface area contributed by atoms with Gasteiger partial charge in [0.05, 0.1) is 11.6 Å². The molecule has 0 fully saturated rings. The number of amides is 2. The molecule has 0 atom stereocenters. The van der Waals surface area contributed by atoms with Crippen LogP contribution in [0.15, 0.2) is 18.2 Å². The maximum Gasteiger partial charge on any atom is 0.344 e. The fourth-order valence-electron chi connectivity index (χ4n) is 1.41. The number of carbonyl (C=O) groups excluding carboxylic acids is 3. The van der Waals surface area contributed by atoms with E-state index in [4.69, 9.17) is 16.3 Å². The normalized spacial score (nSPS) is 9.87. The average Bonchev–Trinajstić information content (AvgIpc) is 2.50.